The molecule has 1 rings (SSSR count). The monoisotopic (exact) mass is 319 g/mol. The van der Waals surface area contributed by atoms with Crippen LogP contribution in [-0.4, -0.2) is 23.5 Å². The molecule has 0 aliphatic heterocycles. The maximum atomic E-state index is 12.6. The Labute approximate surface area is 139 Å². The Kier molecular flexibility index (Phi) is 6.37. The number of hydrogen-bond acceptors (Lipinski definition) is 3. The maximum Gasteiger partial charge on any atom is 0.407 e. The number of amides is 1. The lowest BCUT2D eigenvalue weighted by Gasteiger charge is -2.23. The third kappa shape index (κ3) is 6.05. The minimum Gasteiger partial charge on any atom is -0.444 e. The van der Waals surface area contributed by atoms with E-state index in [0.717, 1.165) is 22.3 Å². The smallest absolute Gasteiger partial charge is 0.407 e. The highest BCUT2D eigenvalue weighted by molar-refractivity contribution is 5.99. The van der Waals surface area contributed by atoms with Gasteiger partial charge in [0.05, 0.1) is 0 Å². The van der Waals surface area contributed by atoms with Crippen LogP contribution in [0.5, 0.6) is 0 Å². The molecule has 1 atom stereocenters. The molecule has 1 N–H and O–H groups in total. The summed E-state index contributed by atoms with van der Waals surface area (Å²) in [6, 6.07) is 3.81. The first-order chi connectivity index (χ1) is 10.5. The summed E-state index contributed by atoms with van der Waals surface area (Å²) < 4.78 is 5.26. The lowest BCUT2D eigenvalue weighted by Crippen LogP contribution is -2.40. The highest BCUT2D eigenvalue weighted by atomic mass is 16.6. The van der Waals surface area contributed by atoms with Gasteiger partial charge < -0.3 is 10.1 Å². The van der Waals surface area contributed by atoms with E-state index >= 15 is 0 Å². The van der Waals surface area contributed by atoms with E-state index in [0.29, 0.717) is 6.42 Å². The number of benzene rings is 1. The van der Waals surface area contributed by atoms with Gasteiger partial charge in [0.2, 0.25) is 0 Å². The number of Topliss-reactive ketones (excluding diaryl/α,β-unsaturated/α-hetero) is 1. The minimum absolute atomic E-state index is 0.0582. The molecule has 23 heavy (non-hydrogen) atoms. The molecule has 128 valence electrons. The zero-order valence-electron chi connectivity index (χ0n) is 15.4. The summed E-state index contributed by atoms with van der Waals surface area (Å²) in [6.07, 6.45) is 0.476. The van der Waals surface area contributed by atoms with Gasteiger partial charge in [-0.1, -0.05) is 24.6 Å². The number of alkyl carbamates (subject to hydrolysis) is 1. The fourth-order valence-electron chi connectivity index (χ4n) is 2.72. The Hall–Kier alpha value is -1.84. The van der Waals surface area contributed by atoms with Gasteiger partial charge in [0.1, 0.15) is 5.60 Å². The second-order valence-corrected chi connectivity index (χ2v) is 7.15. The van der Waals surface area contributed by atoms with Crippen LogP contribution in [-0.2, 0) is 4.74 Å². The predicted molar refractivity (Wildman–Crippen MR) is 93.0 cm³/mol. The summed E-state index contributed by atoms with van der Waals surface area (Å²) >= 11 is 0. The van der Waals surface area contributed by atoms with Gasteiger partial charge in [-0.2, -0.15) is 0 Å². The van der Waals surface area contributed by atoms with Crippen molar-refractivity contribution < 1.29 is 14.3 Å². The minimum atomic E-state index is -0.545. The fourth-order valence-corrected chi connectivity index (χ4v) is 2.72. The van der Waals surface area contributed by atoms with Crippen molar-refractivity contribution in [1.29, 1.82) is 0 Å². The van der Waals surface area contributed by atoms with Gasteiger partial charge in [0.15, 0.2) is 5.78 Å². The van der Waals surface area contributed by atoms with Gasteiger partial charge >= 0.3 is 6.09 Å². The average molecular weight is 319 g/mol. The highest BCUT2D eigenvalue weighted by Gasteiger charge is 2.22. The largest absolute Gasteiger partial charge is 0.444 e. The van der Waals surface area contributed by atoms with Gasteiger partial charge in [-0.25, -0.2) is 4.79 Å². The van der Waals surface area contributed by atoms with E-state index in [9.17, 15) is 9.59 Å². The molecular formula is C19H29NO3. The standard InChI is InChI=1S/C19H29NO3/c1-8-15(20-18(22)23-19(5,6)7)11-16(21)17-13(3)9-12(2)10-14(17)4/h9-10,15H,8,11H2,1-7H3,(H,20,22). The first-order valence-corrected chi connectivity index (χ1v) is 8.14. The van der Waals surface area contributed by atoms with Gasteiger partial charge in [-0.15, -0.1) is 0 Å². The van der Waals surface area contributed by atoms with Crippen LogP contribution in [0.15, 0.2) is 12.1 Å². The van der Waals surface area contributed by atoms with Crippen molar-refractivity contribution >= 4 is 11.9 Å². The number of ketones is 1. The zero-order chi connectivity index (χ0) is 17.8. The molecular weight excluding hydrogens is 290 g/mol. The molecule has 4 nitrogen and oxygen atoms in total. The normalized spacial score (nSPS) is 12.7. The van der Waals surface area contributed by atoms with Gasteiger partial charge in [0, 0.05) is 18.0 Å². The van der Waals surface area contributed by atoms with E-state index in [-0.39, 0.29) is 18.2 Å². The number of carbonyl (C=O) groups excluding carboxylic acids is 2. The van der Waals surface area contributed by atoms with Crippen molar-refractivity contribution in [2.75, 3.05) is 0 Å². The third-order valence-corrected chi connectivity index (χ3v) is 3.60. The molecule has 1 aromatic carbocycles. The number of aryl methyl sites for hydroxylation is 3. The Morgan fingerprint density at radius 2 is 1.65 bits per heavy atom. The maximum absolute atomic E-state index is 12.6. The average Bonchev–Trinajstić information content (AvgIpc) is 2.34. The summed E-state index contributed by atoms with van der Waals surface area (Å²) in [5.41, 5.74) is 3.34. The summed E-state index contributed by atoms with van der Waals surface area (Å²) in [6.45, 7) is 13.3. The number of carbonyl (C=O) groups is 2. The molecule has 0 saturated carbocycles. The number of nitrogens with one attached hydrogen (secondary N) is 1. The Bertz CT molecular complexity index is 562. The van der Waals surface area contributed by atoms with Crippen LogP contribution in [0.4, 0.5) is 4.79 Å². The Balaban J connectivity index is 2.80. The van der Waals surface area contributed by atoms with E-state index in [1.54, 1.807) is 0 Å². The van der Waals surface area contributed by atoms with Crippen LogP contribution in [0.2, 0.25) is 0 Å². The molecule has 0 aromatic heterocycles. The van der Waals surface area contributed by atoms with Crippen LogP contribution in [0.1, 0.15) is 67.6 Å². The van der Waals surface area contributed by atoms with E-state index < -0.39 is 11.7 Å². The van der Waals surface area contributed by atoms with Crippen molar-refractivity contribution in [2.45, 2.75) is 73.0 Å². The summed E-state index contributed by atoms with van der Waals surface area (Å²) in [7, 11) is 0. The molecule has 1 amide bonds. The zero-order valence-corrected chi connectivity index (χ0v) is 15.4. The second-order valence-electron chi connectivity index (χ2n) is 7.15. The Morgan fingerprint density at radius 3 is 2.09 bits per heavy atom. The summed E-state index contributed by atoms with van der Waals surface area (Å²) in [4.78, 5) is 24.5. The SMILES string of the molecule is CCC(CC(=O)c1c(C)cc(C)cc1C)NC(=O)OC(C)(C)C. The molecule has 0 bridgehead atoms. The first kappa shape index (κ1) is 19.2. The molecule has 1 unspecified atom stereocenters. The van der Waals surface area contributed by atoms with Crippen molar-refractivity contribution in [2.24, 2.45) is 0 Å². The van der Waals surface area contributed by atoms with E-state index in [1.807, 2.05) is 60.6 Å². The lowest BCUT2D eigenvalue weighted by molar-refractivity contribution is 0.0500. The quantitative estimate of drug-likeness (QED) is 0.814. The Morgan fingerprint density at radius 1 is 1.13 bits per heavy atom. The molecule has 0 radical (unpaired) electrons. The van der Waals surface area contributed by atoms with Crippen molar-refractivity contribution in [1.82, 2.24) is 5.32 Å². The third-order valence-electron chi connectivity index (χ3n) is 3.60. The van der Waals surface area contributed by atoms with E-state index in [4.69, 9.17) is 4.74 Å². The van der Waals surface area contributed by atoms with E-state index in [1.165, 1.54) is 0 Å². The van der Waals surface area contributed by atoms with Gasteiger partial charge in [0.25, 0.3) is 0 Å². The van der Waals surface area contributed by atoms with Crippen molar-refractivity contribution in [3.8, 4) is 0 Å². The molecule has 0 aliphatic rings. The molecule has 0 heterocycles. The van der Waals surface area contributed by atoms with Gasteiger partial charge in [-0.05, 0) is 59.1 Å². The van der Waals surface area contributed by atoms with Crippen molar-refractivity contribution in [3.63, 3.8) is 0 Å². The predicted octanol–water partition coefficient (Wildman–Crippen LogP) is 4.49. The second kappa shape index (κ2) is 7.62. The van der Waals surface area contributed by atoms with Crippen LogP contribution < -0.4 is 5.32 Å². The molecule has 1 aromatic rings. The first-order valence-electron chi connectivity index (χ1n) is 8.14. The molecule has 0 fully saturated rings. The van der Waals surface area contributed by atoms with Gasteiger partial charge in [-0.3, -0.25) is 4.79 Å². The van der Waals surface area contributed by atoms with Crippen LogP contribution in [0.25, 0.3) is 0 Å². The highest BCUT2D eigenvalue weighted by Crippen LogP contribution is 2.19. The van der Waals surface area contributed by atoms with Crippen LogP contribution >= 0.6 is 0 Å². The molecule has 4 heteroatoms. The molecule has 0 saturated heterocycles. The number of ether oxygens (including phenoxy) is 1. The fraction of sp³-hybridized carbons (Fsp3) is 0.579. The summed E-state index contributed by atoms with van der Waals surface area (Å²) in [5, 5.41) is 2.79. The van der Waals surface area contributed by atoms with Crippen LogP contribution in [0.3, 0.4) is 0 Å². The molecule has 0 aliphatic carbocycles. The lowest BCUT2D eigenvalue weighted by atomic mass is 9.93. The molecule has 0 spiro atoms. The number of hydrogen-bond donors (Lipinski definition) is 1. The topological polar surface area (TPSA) is 55.4 Å². The van der Waals surface area contributed by atoms with E-state index in [2.05, 4.69) is 5.32 Å². The van der Waals surface area contributed by atoms with Crippen LogP contribution in [0, 0.1) is 20.8 Å². The van der Waals surface area contributed by atoms with Crippen molar-refractivity contribution in [3.05, 3.63) is 34.4 Å². The summed E-state index contributed by atoms with van der Waals surface area (Å²) in [5.74, 6) is 0.0582. The number of rotatable bonds is 5.